The topological polar surface area (TPSA) is 44.8 Å². The number of carbonyl (C=O) groups excluding carboxylic acids is 1. The number of carbonyl (C=O) groups is 1. The van der Waals surface area contributed by atoms with Crippen LogP contribution in [0.25, 0.3) is 0 Å². The molecule has 0 rings (SSSR count). The monoisotopic (exact) mass is 272 g/mol. The second-order valence-corrected chi connectivity index (χ2v) is 4.76. The van der Waals surface area contributed by atoms with Crippen LogP contribution in [0.3, 0.4) is 0 Å². The fraction of sp³-hybridized carbons (Fsp3) is 0.800. The van der Waals surface area contributed by atoms with Crippen LogP contribution in [0.1, 0.15) is 53.4 Å². The van der Waals surface area contributed by atoms with E-state index in [1.54, 1.807) is 13.0 Å². The Labute approximate surface area is 117 Å². The van der Waals surface area contributed by atoms with Crippen LogP contribution < -0.4 is 0 Å². The average molecular weight is 272 g/mol. The summed E-state index contributed by atoms with van der Waals surface area (Å²) in [7, 11) is 0. The lowest BCUT2D eigenvalue weighted by atomic mass is 10.1. The van der Waals surface area contributed by atoms with Gasteiger partial charge in [0.2, 0.25) is 6.29 Å². The Kier molecular flexibility index (Phi) is 9.53. The van der Waals surface area contributed by atoms with Crippen LogP contribution >= 0.6 is 0 Å². The molecule has 4 nitrogen and oxygen atoms in total. The SMILES string of the molecule is C=CC(C)(OC(C)=O)C(OCCCC)OCCCC. The molecule has 0 amide bonds. The third-order valence-corrected chi connectivity index (χ3v) is 2.77. The van der Waals surface area contributed by atoms with E-state index in [4.69, 9.17) is 14.2 Å². The first-order chi connectivity index (χ1) is 9.00. The maximum absolute atomic E-state index is 11.2. The molecular weight excluding hydrogens is 244 g/mol. The minimum absolute atomic E-state index is 0.370. The minimum atomic E-state index is -0.951. The van der Waals surface area contributed by atoms with E-state index in [1.807, 2.05) is 0 Å². The van der Waals surface area contributed by atoms with Crippen molar-refractivity contribution in [3.8, 4) is 0 Å². The van der Waals surface area contributed by atoms with Gasteiger partial charge >= 0.3 is 5.97 Å². The van der Waals surface area contributed by atoms with E-state index in [0.29, 0.717) is 13.2 Å². The van der Waals surface area contributed by atoms with Crippen LogP contribution in [0, 0.1) is 0 Å². The summed E-state index contributed by atoms with van der Waals surface area (Å²) in [5.41, 5.74) is -0.951. The Morgan fingerprint density at radius 3 is 2.00 bits per heavy atom. The molecule has 0 aliphatic carbocycles. The third kappa shape index (κ3) is 7.33. The molecule has 1 unspecified atom stereocenters. The average Bonchev–Trinajstić information content (AvgIpc) is 2.36. The second kappa shape index (κ2) is 9.98. The van der Waals surface area contributed by atoms with E-state index < -0.39 is 11.9 Å². The highest BCUT2D eigenvalue weighted by Crippen LogP contribution is 2.22. The van der Waals surface area contributed by atoms with Crippen molar-refractivity contribution in [1.82, 2.24) is 0 Å². The maximum Gasteiger partial charge on any atom is 0.303 e. The van der Waals surface area contributed by atoms with Crippen molar-refractivity contribution in [3.63, 3.8) is 0 Å². The lowest BCUT2D eigenvalue weighted by Gasteiger charge is -2.33. The number of ether oxygens (including phenoxy) is 3. The summed E-state index contributed by atoms with van der Waals surface area (Å²) in [5, 5.41) is 0. The first-order valence-electron chi connectivity index (χ1n) is 7.06. The molecular formula is C15H28O4. The van der Waals surface area contributed by atoms with Gasteiger partial charge in [0.05, 0.1) is 0 Å². The van der Waals surface area contributed by atoms with Crippen molar-refractivity contribution in [2.75, 3.05) is 13.2 Å². The second-order valence-electron chi connectivity index (χ2n) is 4.76. The zero-order valence-corrected chi connectivity index (χ0v) is 12.7. The van der Waals surface area contributed by atoms with Crippen molar-refractivity contribution in [1.29, 1.82) is 0 Å². The van der Waals surface area contributed by atoms with Gasteiger partial charge in [0.25, 0.3) is 0 Å². The number of rotatable bonds is 11. The molecule has 0 heterocycles. The van der Waals surface area contributed by atoms with E-state index in [0.717, 1.165) is 25.7 Å². The molecule has 112 valence electrons. The molecule has 0 fully saturated rings. The third-order valence-electron chi connectivity index (χ3n) is 2.77. The van der Waals surface area contributed by atoms with Gasteiger partial charge in [-0.15, -0.1) is 0 Å². The Morgan fingerprint density at radius 1 is 1.21 bits per heavy atom. The van der Waals surface area contributed by atoms with Gasteiger partial charge in [-0.1, -0.05) is 33.3 Å². The van der Waals surface area contributed by atoms with E-state index in [-0.39, 0.29) is 5.97 Å². The molecule has 19 heavy (non-hydrogen) atoms. The van der Waals surface area contributed by atoms with Gasteiger partial charge in [0, 0.05) is 20.1 Å². The van der Waals surface area contributed by atoms with Crippen molar-refractivity contribution in [3.05, 3.63) is 12.7 Å². The van der Waals surface area contributed by atoms with E-state index in [2.05, 4.69) is 20.4 Å². The van der Waals surface area contributed by atoms with Gasteiger partial charge in [-0.05, 0) is 25.8 Å². The summed E-state index contributed by atoms with van der Waals surface area (Å²) in [6, 6.07) is 0. The van der Waals surface area contributed by atoms with Crippen LogP contribution in [-0.2, 0) is 19.0 Å². The van der Waals surface area contributed by atoms with Crippen LogP contribution in [0.2, 0.25) is 0 Å². The predicted octanol–water partition coefficient (Wildman–Crippen LogP) is 3.45. The number of unbranched alkanes of at least 4 members (excludes halogenated alkanes) is 2. The van der Waals surface area contributed by atoms with Crippen LogP contribution in [0.5, 0.6) is 0 Å². The molecule has 0 aromatic heterocycles. The first-order valence-corrected chi connectivity index (χ1v) is 7.06. The molecule has 0 radical (unpaired) electrons. The van der Waals surface area contributed by atoms with E-state index in [1.165, 1.54) is 6.92 Å². The minimum Gasteiger partial charge on any atom is -0.450 e. The highest BCUT2D eigenvalue weighted by Gasteiger charge is 2.36. The molecule has 4 heteroatoms. The summed E-state index contributed by atoms with van der Waals surface area (Å²) in [4.78, 5) is 11.2. The lowest BCUT2D eigenvalue weighted by Crippen LogP contribution is -2.45. The molecule has 0 aliphatic heterocycles. The normalized spacial score (nSPS) is 14.2. The van der Waals surface area contributed by atoms with Gasteiger partial charge in [-0.25, -0.2) is 0 Å². The van der Waals surface area contributed by atoms with Crippen molar-refractivity contribution in [2.24, 2.45) is 0 Å². The van der Waals surface area contributed by atoms with Crippen molar-refractivity contribution < 1.29 is 19.0 Å². The number of hydrogen-bond donors (Lipinski definition) is 0. The van der Waals surface area contributed by atoms with Gasteiger partial charge in [0.15, 0.2) is 5.60 Å². The first kappa shape index (κ1) is 18.1. The van der Waals surface area contributed by atoms with Crippen molar-refractivity contribution >= 4 is 5.97 Å². The fourth-order valence-corrected chi connectivity index (χ4v) is 1.54. The largest absolute Gasteiger partial charge is 0.450 e. The Balaban J connectivity index is 4.63. The molecule has 0 saturated heterocycles. The van der Waals surface area contributed by atoms with Crippen LogP contribution in [0.4, 0.5) is 0 Å². The quantitative estimate of drug-likeness (QED) is 0.250. The molecule has 0 N–H and O–H groups in total. The lowest BCUT2D eigenvalue weighted by molar-refractivity contribution is -0.229. The van der Waals surface area contributed by atoms with Crippen molar-refractivity contribution in [2.45, 2.75) is 65.3 Å². The van der Waals surface area contributed by atoms with Gasteiger partial charge in [-0.2, -0.15) is 0 Å². The summed E-state index contributed by atoms with van der Waals surface area (Å²) >= 11 is 0. The number of esters is 1. The van der Waals surface area contributed by atoms with E-state index in [9.17, 15) is 4.79 Å². The maximum atomic E-state index is 11.2. The predicted molar refractivity (Wildman–Crippen MR) is 75.9 cm³/mol. The molecule has 1 atom stereocenters. The molecule has 0 aromatic carbocycles. The summed E-state index contributed by atoms with van der Waals surface area (Å²) in [5.74, 6) is -0.370. The zero-order valence-electron chi connectivity index (χ0n) is 12.7. The zero-order chi connectivity index (χ0) is 14.7. The Hall–Kier alpha value is -0.870. The summed E-state index contributed by atoms with van der Waals surface area (Å²) < 4.78 is 16.7. The standard InChI is InChI=1S/C15H28O4/c1-6-9-11-17-14(18-12-10-7-2)15(5,8-3)19-13(4)16/h8,14H,3,6-7,9-12H2,1-2,4-5H3. The van der Waals surface area contributed by atoms with Gasteiger partial charge < -0.3 is 14.2 Å². The van der Waals surface area contributed by atoms with Crippen LogP contribution in [0.15, 0.2) is 12.7 Å². The highest BCUT2D eigenvalue weighted by atomic mass is 16.7. The van der Waals surface area contributed by atoms with Gasteiger partial charge in [0.1, 0.15) is 0 Å². The van der Waals surface area contributed by atoms with Crippen LogP contribution in [-0.4, -0.2) is 31.1 Å². The Bertz CT molecular complexity index is 255. The molecule has 0 bridgehead atoms. The summed E-state index contributed by atoms with van der Waals surface area (Å²) in [6.45, 7) is 12.2. The molecule has 0 aliphatic rings. The fourth-order valence-electron chi connectivity index (χ4n) is 1.54. The Morgan fingerprint density at radius 2 is 1.68 bits per heavy atom. The number of hydrogen-bond acceptors (Lipinski definition) is 4. The highest BCUT2D eigenvalue weighted by molar-refractivity contribution is 5.66. The smallest absolute Gasteiger partial charge is 0.303 e. The summed E-state index contributed by atoms with van der Waals surface area (Å²) in [6.07, 6.45) is 4.94. The molecule has 0 aromatic rings. The van der Waals surface area contributed by atoms with E-state index >= 15 is 0 Å². The van der Waals surface area contributed by atoms with Gasteiger partial charge in [-0.3, -0.25) is 4.79 Å². The molecule has 0 saturated carbocycles. The molecule has 0 spiro atoms.